The summed E-state index contributed by atoms with van der Waals surface area (Å²) in [6.07, 6.45) is 2.26. The molecule has 0 radical (unpaired) electrons. The van der Waals surface area contributed by atoms with Gasteiger partial charge in [-0.3, -0.25) is 4.90 Å². The second-order valence-corrected chi connectivity index (χ2v) is 4.50. The van der Waals surface area contributed by atoms with Crippen LogP contribution in [0.4, 0.5) is 0 Å². The monoisotopic (exact) mass is 262 g/mol. The van der Waals surface area contributed by atoms with Crippen LogP contribution >= 0.6 is 0 Å². The highest BCUT2D eigenvalue weighted by Crippen LogP contribution is 2.20. The van der Waals surface area contributed by atoms with Crippen LogP contribution in [0, 0.1) is 11.3 Å². The van der Waals surface area contributed by atoms with Crippen molar-refractivity contribution in [3.05, 3.63) is 29.3 Å². The minimum Gasteiger partial charge on any atom is -0.495 e. The summed E-state index contributed by atoms with van der Waals surface area (Å²) >= 11 is 0. The van der Waals surface area contributed by atoms with Gasteiger partial charge in [-0.25, -0.2) is 0 Å². The van der Waals surface area contributed by atoms with Crippen LogP contribution in [0.1, 0.15) is 30.9 Å². The van der Waals surface area contributed by atoms with Crippen LogP contribution in [-0.2, 0) is 6.54 Å². The molecule has 19 heavy (non-hydrogen) atoms. The van der Waals surface area contributed by atoms with Crippen molar-refractivity contribution < 1.29 is 9.84 Å². The molecule has 104 valence electrons. The highest BCUT2D eigenvalue weighted by molar-refractivity contribution is 5.45. The minimum atomic E-state index is 0.164. The molecule has 0 saturated carbocycles. The number of nitriles is 1. The fraction of sp³-hybridized carbons (Fsp3) is 0.533. The normalized spacial score (nSPS) is 10.5. The van der Waals surface area contributed by atoms with E-state index in [1.807, 2.05) is 12.1 Å². The highest BCUT2D eigenvalue weighted by atomic mass is 16.5. The Hall–Kier alpha value is -1.57. The van der Waals surface area contributed by atoms with Crippen LogP contribution in [0.3, 0.4) is 0 Å². The zero-order valence-electron chi connectivity index (χ0n) is 11.7. The Balaban J connectivity index is 2.75. The largest absolute Gasteiger partial charge is 0.495 e. The summed E-state index contributed by atoms with van der Waals surface area (Å²) in [5.74, 6) is 0.611. The standard InChI is InChI=1S/C15H22N2O2/c1-3-4-7-17(8-9-18)12-13-5-6-14(11-16)15(10-13)19-2/h5-6,10,18H,3-4,7-9,12H2,1-2H3. The van der Waals surface area contributed by atoms with Crippen molar-refractivity contribution in [1.29, 1.82) is 5.26 Å². The number of ether oxygens (including phenoxy) is 1. The van der Waals surface area contributed by atoms with Crippen molar-refractivity contribution in [3.8, 4) is 11.8 Å². The number of rotatable bonds is 8. The quantitative estimate of drug-likeness (QED) is 0.780. The van der Waals surface area contributed by atoms with Gasteiger partial charge in [-0.1, -0.05) is 19.4 Å². The number of hydrogen-bond acceptors (Lipinski definition) is 4. The molecule has 1 aromatic rings. The zero-order chi connectivity index (χ0) is 14.1. The average molecular weight is 262 g/mol. The molecule has 0 atom stereocenters. The predicted octanol–water partition coefficient (Wildman–Crippen LogP) is 2.16. The van der Waals surface area contributed by atoms with Gasteiger partial charge >= 0.3 is 0 Å². The summed E-state index contributed by atoms with van der Waals surface area (Å²) in [5.41, 5.74) is 1.65. The molecule has 4 nitrogen and oxygen atoms in total. The summed E-state index contributed by atoms with van der Waals surface area (Å²) in [6, 6.07) is 7.73. The zero-order valence-corrected chi connectivity index (χ0v) is 11.7. The Morgan fingerprint density at radius 2 is 2.16 bits per heavy atom. The molecule has 1 aromatic carbocycles. The van der Waals surface area contributed by atoms with Crippen molar-refractivity contribution in [2.45, 2.75) is 26.3 Å². The maximum Gasteiger partial charge on any atom is 0.136 e. The summed E-state index contributed by atoms with van der Waals surface area (Å²) < 4.78 is 5.21. The molecule has 4 heteroatoms. The number of hydrogen-bond donors (Lipinski definition) is 1. The van der Waals surface area contributed by atoms with Crippen molar-refractivity contribution in [3.63, 3.8) is 0 Å². The van der Waals surface area contributed by atoms with E-state index in [0.29, 0.717) is 17.9 Å². The lowest BCUT2D eigenvalue weighted by Crippen LogP contribution is -2.27. The third kappa shape index (κ3) is 4.90. The van der Waals surface area contributed by atoms with E-state index in [9.17, 15) is 0 Å². The number of aliphatic hydroxyl groups excluding tert-OH is 1. The molecule has 0 fully saturated rings. The van der Waals surface area contributed by atoms with E-state index in [1.54, 1.807) is 13.2 Å². The molecule has 0 aromatic heterocycles. The SMILES string of the molecule is CCCCN(CCO)Cc1ccc(C#N)c(OC)c1. The van der Waals surface area contributed by atoms with Gasteiger partial charge in [-0.05, 0) is 30.7 Å². The molecule has 0 aliphatic carbocycles. The summed E-state index contributed by atoms with van der Waals surface area (Å²) in [5, 5.41) is 18.0. The van der Waals surface area contributed by atoms with Gasteiger partial charge in [0.1, 0.15) is 11.8 Å². The lowest BCUT2D eigenvalue weighted by atomic mass is 10.1. The smallest absolute Gasteiger partial charge is 0.136 e. The number of unbranched alkanes of at least 4 members (excludes halogenated alkanes) is 1. The lowest BCUT2D eigenvalue weighted by molar-refractivity contribution is 0.188. The van der Waals surface area contributed by atoms with Crippen LogP contribution < -0.4 is 4.74 Å². The topological polar surface area (TPSA) is 56.5 Å². The van der Waals surface area contributed by atoms with E-state index >= 15 is 0 Å². The second-order valence-electron chi connectivity index (χ2n) is 4.50. The van der Waals surface area contributed by atoms with Crippen molar-refractivity contribution >= 4 is 0 Å². The Bertz CT molecular complexity index is 427. The third-order valence-electron chi connectivity index (χ3n) is 3.04. The lowest BCUT2D eigenvalue weighted by Gasteiger charge is -2.21. The van der Waals surface area contributed by atoms with Gasteiger partial charge in [0.2, 0.25) is 0 Å². The number of aliphatic hydroxyl groups is 1. The number of methoxy groups -OCH3 is 1. The maximum absolute atomic E-state index is 9.09. The fourth-order valence-corrected chi connectivity index (χ4v) is 1.98. The first-order valence-electron chi connectivity index (χ1n) is 6.65. The molecule has 0 unspecified atom stereocenters. The van der Waals surface area contributed by atoms with Crippen LogP contribution in [0.2, 0.25) is 0 Å². The van der Waals surface area contributed by atoms with E-state index in [0.717, 1.165) is 31.5 Å². The van der Waals surface area contributed by atoms with E-state index in [1.165, 1.54) is 0 Å². The molecule has 0 aliphatic rings. The summed E-state index contributed by atoms with van der Waals surface area (Å²) in [4.78, 5) is 2.21. The molecular weight excluding hydrogens is 240 g/mol. The predicted molar refractivity (Wildman–Crippen MR) is 75.0 cm³/mol. The van der Waals surface area contributed by atoms with Gasteiger partial charge in [-0.15, -0.1) is 0 Å². The van der Waals surface area contributed by atoms with Crippen molar-refractivity contribution in [2.24, 2.45) is 0 Å². The molecular formula is C15H22N2O2. The molecule has 0 aliphatic heterocycles. The van der Waals surface area contributed by atoms with E-state index in [2.05, 4.69) is 17.9 Å². The molecule has 0 amide bonds. The summed E-state index contributed by atoms with van der Waals surface area (Å²) in [6.45, 7) is 4.73. The Labute approximate surface area is 115 Å². The van der Waals surface area contributed by atoms with Crippen LogP contribution in [0.15, 0.2) is 18.2 Å². The first kappa shape index (κ1) is 15.5. The Kier molecular flexibility index (Phi) is 6.94. The van der Waals surface area contributed by atoms with Crippen LogP contribution in [0.5, 0.6) is 5.75 Å². The van der Waals surface area contributed by atoms with Gasteiger partial charge < -0.3 is 9.84 Å². The molecule has 0 bridgehead atoms. The fourth-order valence-electron chi connectivity index (χ4n) is 1.98. The van der Waals surface area contributed by atoms with Gasteiger partial charge in [-0.2, -0.15) is 5.26 Å². The van der Waals surface area contributed by atoms with Crippen molar-refractivity contribution in [2.75, 3.05) is 26.8 Å². The van der Waals surface area contributed by atoms with E-state index in [4.69, 9.17) is 15.1 Å². The molecule has 1 N–H and O–H groups in total. The minimum absolute atomic E-state index is 0.164. The van der Waals surface area contributed by atoms with Gasteiger partial charge in [0.25, 0.3) is 0 Å². The molecule has 0 heterocycles. The van der Waals surface area contributed by atoms with Gasteiger partial charge in [0.05, 0.1) is 19.3 Å². The molecule has 0 saturated heterocycles. The van der Waals surface area contributed by atoms with Crippen LogP contribution in [0.25, 0.3) is 0 Å². The van der Waals surface area contributed by atoms with Gasteiger partial charge in [0, 0.05) is 13.1 Å². The molecule has 0 spiro atoms. The van der Waals surface area contributed by atoms with E-state index in [-0.39, 0.29) is 6.61 Å². The van der Waals surface area contributed by atoms with Crippen LogP contribution in [-0.4, -0.2) is 36.8 Å². The molecule has 1 rings (SSSR count). The number of nitrogens with zero attached hydrogens (tertiary/aromatic N) is 2. The highest BCUT2D eigenvalue weighted by Gasteiger charge is 2.08. The third-order valence-corrected chi connectivity index (χ3v) is 3.04. The van der Waals surface area contributed by atoms with Gasteiger partial charge in [0.15, 0.2) is 0 Å². The maximum atomic E-state index is 9.09. The number of benzene rings is 1. The first-order chi connectivity index (χ1) is 9.24. The Morgan fingerprint density at radius 1 is 1.37 bits per heavy atom. The first-order valence-corrected chi connectivity index (χ1v) is 6.65. The van der Waals surface area contributed by atoms with Crippen molar-refractivity contribution in [1.82, 2.24) is 4.90 Å². The summed E-state index contributed by atoms with van der Waals surface area (Å²) in [7, 11) is 1.57. The Morgan fingerprint density at radius 3 is 2.74 bits per heavy atom. The average Bonchev–Trinajstić information content (AvgIpc) is 2.44. The second kappa shape index (κ2) is 8.52. The van der Waals surface area contributed by atoms with E-state index < -0.39 is 0 Å².